The fourth-order valence-corrected chi connectivity index (χ4v) is 3.93. The summed E-state index contributed by atoms with van der Waals surface area (Å²) in [6.07, 6.45) is 1.82. The van der Waals surface area contributed by atoms with E-state index < -0.39 is 11.2 Å². The minimum atomic E-state index is -0.531. The molecule has 0 aliphatic heterocycles. The van der Waals surface area contributed by atoms with Gasteiger partial charge in [-0.2, -0.15) is 0 Å². The molecule has 4 aromatic rings. The number of carbonyl (C=O) groups is 1. The summed E-state index contributed by atoms with van der Waals surface area (Å²) in [5.41, 5.74) is 3.33. The third-order valence-electron chi connectivity index (χ3n) is 5.70. The van der Waals surface area contributed by atoms with Crippen molar-refractivity contribution in [1.82, 2.24) is 13.7 Å². The summed E-state index contributed by atoms with van der Waals surface area (Å²) in [5.74, 6) is 0.0546. The lowest BCUT2D eigenvalue weighted by molar-refractivity contribution is -0.116. The van der Waals surface area contributed by atoms with Crippen LogP contribution in [0.25, 0.3) is 22.2 Å². The number of hydrogen-bond acceptors (Lipinski definition) is 3. The number of carbonyl (C=O) groups excluding carboxylic acids is 1. The number of nitrogens with zero attached hydrogens (tertiary/aromatic N) is 3. The molecule has 0 aliphatic carbocycles. The average Bonchev–Trinajstić information content (AvgIpc) is 3.13. The number of fused-ring (bicyclic) bond motifs is 1. The highest BCUT2D eigenvalue weighted by molar-refractivity contribution is 5.95. The number of aromatic nitrogens is 3. The first kappa shape index (κ1) is 21.4. The second-order valence-electron chi connectivity index (χ2n) is 8.27. The van der Waals surface area contributed by atoms with E-state index in [1.807, 2.05) is 60.8 Å². The molecule has 164 valence electrons. The van der Waals surface area contributed by atoms with Gasteiger partial charge in [-0.1, -0.05) is 56.3 Å². The molecule has 0 fully saturated rings. The minimum absolute atomic E-state index is 0.209. The number of anilines is 1. The first-order valence-corrected chi connectivity index (χ1v) is 10.5. The number of amides is 1. The molecule has 2 aromatic carbocycles. The lowest BCUT2D eigenvalue weighted by atomic mass is 10.0. The van der Waals surface area contributed by atoms with Crippen LogP contribution in [-0.4, -0.2) is 19.6 Å². The molecule has 1 N–H and O–H groups in total. The Labute approximate surface area is 185 Å². The highest BCUT2D eigenvalue weighted by Crippen LogP contribution is 2.28. The van der Waals surface area contributed by atoms with Crippen molar-refractivity contribution >= 4 is 22.6 Å². The highest BCUT2D eigenvalue weighted by Gasteiger charge is 2.20. The maximum atomic E-state index is 13.0. The van der Waals surface area contributed by atoms with Crippen molar-refractivity contribution in [3.63, 3.8) is 0 Å². The second kappa shape index (κ2) is 8.34. The summed E-state index contributed by atoms with van der Waals surface area (Å²) in [7, 11) is 3.19. The van der Waals surface area contributed by atoms with E-state index in [-0.39, 0.29) is 12.5 Å². The molecule has 32 heavy (non-hydrogen) atoms. The van der Waals surface area contributed by atoms with Crippen molar-refractivity contribution in [2.24, 2.45) is 14.1 Å². The second-order valence-corrected chi connectivity index (χ2v) is 8.27. The lowest BCUT2D eigenvalue weighted by Gasteiger charge is -2.13. The summed E-state index contributed by atoms with van der Waals surface area (Å²) in [6, 6.07) is 17.2. The Kier molecular flexibility index (Phi) is 5.57. The van der Waals surface area contributed by atoms with Crippen LogP contribution in [0.2, 0.25) is 0 Å². The van der Waals surface area contributed by atoms with Gasteiger partial charge in [0.05, 0.1) is 5.52 Å². The molecular formula is C25H26N4O3. The fourth-order valence-electron chi connectivity index (χ4n) is 3.93. The molecule has 7 heteroatoms. The van der Waals surface area contributed by atoms with Crippen LogP contribution in [0.5, 0.6) is 0 Å². The van der Waals surface area contributed by atoms with Gasteiger partial charge < -0.3 is 9.88 Å². The van der Waals surface area contributed by atoms with Crippen LogP contribution in [0.3, 0.4) is 0 Å². The van der Waals surface area contributed by atoms with Crippen molar-refractivity contribution in [1.29, 1.82) is 0 Å². The van der Waals surface area contributed by atoms with Crippen LogP contribution >= 0.6 is 0 Å². The molecule has 7 nitrogen and oxygen atoms in total. The first-order valence-electron chi connectivity index (χ1n) is 10.5. The molecule has 2 heterocycles. The maximum Gasteiger partial charge on any atom is 0.331 e. The van der Waals surface area contributed by atoms with Gasteiger partial charge in [0.2, 0.25) is 5.91 Å². The van der Waals surface area contributed by atoms with E-state index in [4.69, 9.17) is 0 Å². The van der Waals surface area contributed by atoms with E-state index in [1.54, 1.807) is 11.6 Å². The van der Waals surface area contributed by atoms with E-state index in [9.17, 15) is 14.4 Å². The molecule has 0 unspecified atom stereocenters. The zero-order valence-electron chi connectivity index (χ0n) is 18.6. The van der Waals surface area contributed by atoms with Crippen LogP contribution in [0.4, 0.5) is 5.69 Å². The van der Waals surface area contributed by atoms with E-state index in [0.717, 1.165) is 15.7 Å². The van der Waals surface area contributed by atoms with Gasteiger partial charge in [-0.05, 0) is 29.2 Å². The van der Waals surface area contributed by atoms with Crippen molar-refractivity contribution in [2.75, 3.05) is 5.32 Å². The van der Waals surface area contributed by atoms with Crippen LogP contribution in [0.1, 0.15) is 25.3 Å². The lowest BCUT2D eigenvalue weighted by Crippen LogP contribution is -2.40. The number of nitrogens with one attached hydrogen (secondary N) is 1. The van der Waals surface area contributed by atoms with Gasteiger partial charge >= 0.3 is 5.69 Å². The van der Waals surface area contributed by atoms with E-state index in [2.05, 4.69) is 19.2 Å². The van der Waals surface area contributed by atoms with Gasteiger partial charge in [-0.3, -0.25) is 18.7 Å². The molecule has 0 saturated carbocycles. The maximum absolute atomic E-state index is 13.0. The molecule has 0 saturated heterocycles. The average molecular weight is 431 g/mol. The van der Waals surface area contributed by atoms with Crippen LogP contribution in [-0.2, 0) is 25.4 Å². The van der Waals surface area contributed by atoms with Gasteiger partial charge in [0.1, 0.15) is 12.1 Å². The van der Waals surface area contributed by atoms with Gasteiger partial charge in [0.25, 0.3) is 5.56 Å². The Morgan fingerprint density at radius 2 is 1.59 bits per heavy atom. The summed E-state index contributed by atoms with van der Waals surface area (Å²) < 4.78 is 4.12. The quantitative estimate of drug-likeness (QED) is 0.527. The predicted molar refractivity (Wildman–Crippen MR) is 127 cm³/mol. The Bertz CT molecular complexity index is 1410. The van der Waals surface area contributed by atoms with E-state index >= 15 is 0 Å². The van der Waals surface area contributed by atoms with Crippen LogP contribution in [0.15, 0.2) is 70.4 Å². The summed E-state index contributed by atoms with van der Waals surface area (Å²) in [5, 5.41) is 2.86. The zero-order chi connectivity index (χ0) is 23.0. The third kappa shape index (κ3) is 3.77. The molecular weight excluding hydrogens is 404 g/mol. The van der Waals surface area contributed by atoms with E-state index in [1.165, 1.54) is 17.2 Å². The topological polar surface area (TPSA) is 78.0 Å². The summed E-state index contributed by atoms with van der Waals surface area (Å²) in [6.45, 7) is 4.00. The van der Waals surface area contributed by atoms with Crippen molar-refractivity contribution in [3.8, 4) is 11.1 Å². The molecule has 0 atom stereocenters. The molecule has 2 aromatic heterocycles. The van der Waals surface area contributed by atoms with Crippen LogP contribution < -0.4 is 16.6 Å². The number of aryl methyl sites for hydroxylation is 1. The molecule has 1 amide bonds. The molecule has 0 spiro atoms. The molecule has 4 rings (SSSR count). The molecule has 0 aliphatic rings. The SMILES string of the molecule is CC(C)c1ccc(NC(=O)Cn2c(=O)n(C)c(=O)c3c2c(-c2ccccc2)cn3C)cc1. The predicted octanol–water partition coefficient (Wildman–Crippen LogP) is 3.47. The van der Waals surface area contributed by atoms with Crippen LogP contribution in [0, 0.1) is 0 Å². The van der Waals surface area contributed by atoms with Gasteiger partial charge in [0.15, 0.2) is 0 Å². The number of hydrogen-bond donors (Lipinski definition) is 1. The standard InChI is InChI=1S/C25H26N4O3/c1-16(2)17-10-12-19(13-11-17)26-21(30)15-29-22-20(18-8-6-5-7-9-18)14-27(3)23(22)24(31)28(4)25(29)32/h5-14,16H,15H2,1-4H3,(H,26,30). The summed E-state index contributed by atoms with van der Waals surface area (Å²) >= 11 is 0. The molecule has 0 bridgehead atoms. The fraction of sp³-hybridized carbons (Fsp3) is 0.240. The Morgan fingerprint density at radius 1 is 0.938 bits per heavy atom. The van der Waals surface area contributed by atoms with Crippen molar-refractivity contribution in [3.05, 3.63) is 87.2 Å². The first-order chi connectivity index (χ1) is 15.3. The zero-order valence-corrected chi connectivity index (χ0v) is 18.6. The smallest absolute Gasteiger partial charge is 0.331 e. The van der Waals surface area contributed by atoms with Gasteiger partial charge in [-0.25, -0.2) is 4.79 Å². The largest absolute Gasteiger partial charge is 0.344 e. The van der Waals surface area contributed by atoms with Crippen molar-refractivity contribution in [2.45, 2.75) is 26.3 Å². The minimum Gasteiger partial charge on any atom is -0.344 e. The Morgan fingerprint density at radius 3 is 2.22 bits per heavy atom. The van der Waals surface area contributed by atoms with Gasteiger partial charge in [-0.15, -0.1) is 0 Å². The van der Waals surface area contributed by atoms with Crippen molar-refractivity contribution < 1.29 is 4.79 Å². The van der Waals surface area contributed by atoms with Gasteiger partial charge in [0, 0.05) is 31.5 Å². The normalized spacial score (nSPS) is 11.3. The number of benzene rings is 2. The Balaban J connectivity index is 1.79. The highest BCUT2D eigenvalue weighted by atomic mass is 16.2. The van der Waals surface area contributed by atoms with E-state index in [0.29, 0.717) is 22.6 Å². The Hall–Kier alpha value is -3.87. The summed E-state index contributed by atoms with van der Waals surface area (Å²) in [4.78, 5) is 38.8. The third-order valence-corrected chi connectivity index (χ3v) is 5.70. The molecule has 0 radical (unpaired) electrons. The monoisotopic (exact) mass is 430 g/mol. The number of rotatable bonds is 5.